The Morgan fingerprint density at radius 2 is 2.00 bits per heavy atom. The highest BCUT2D eigenvalue weighted by Gasteiger charge is 2.20. The third-order valence-electron chi connectivity index (χ3n) is 2.34. The van der Waals surface area contributed by atoms with Crippen molar-refractivity contribution in [3.63, 3.8) is 0 Å². The maximum atomic E-state index is 4.58. The fourth-order valence-electron chi connectivity index (χ4n) is 1.65. The molecular formula is C12H15N2. The van der Waals surface area contributed by atoms with E-state index in [1.165, 1.54) is 0 Å². The zero-order valence-electron chi connectivity index (χ0n) is 8.91. The summed E-state index contributed by atoms with van der Waals surface area (Å²) in [6.45, 7) is 10.5. The van der Waals surface area contributed by atoms with E-state index < -0.39 is 0 Å². The van der Waals surface area contributed by atoms with E-state index in [-0.39, 0.29) is 5.41 Å². The SMILES string of the molecule is [CH2]c1c(C(C)(C)C)nc2ccccn12. The first-order valence-corrected chi connectivity index (χ1v) is 4.79. The Morgan fingerprint density at radius 1 is 1.29 bits per heavy atom. The van der Waals surface area contributed by atoms with E-state index in [4.69, 9.17) is 0 Å². The number of hydrogen-bond donors (Lipinski definition) is 0. The van der Waals surface area contributed by atoms with Crippen LogP contribution in [0.1, 0.15) is 32.2 Å². The molecule has 2 nitrogen and oxygen atoms in total. The lowest BCUT2D eigenvalue weighted by Crippen LogP contribution is -2.13. The quantitative estimate of drug-likeness (QED) is 0.620. The maximum Gasteiger partial charge on any atom is 0.137 e. The normalized spacial score (nSPS) is 12.3. The van der Waals surface area contributed by atoms with Crippen LogP contribution < -0.4 is 0 Å². The minimum atomic E-state index is 0.0586. The summed E-state index contributed by atoms with van der Waals surface area (Å²) in [4.78, 5) is 4.58. The highest BCUT2D eigenvalue weighted by molar-refractivity contribution is 5.45. The summed E-state index contributed by atoms with van der Waals surface area (Å²) in [6.07, 6.45) is 2.00. The van der Waals surface area contributed by atoms with Gasteiger partial charge in [-0.05, 0) is 19.1 Å². The van der Waals surface area contributed by atoms with Gasteiger partial charge in [0.1, 0.15) is 5.65 Å². The van der Waals surface area contributed by atoms with E-state index in [0.717, 1.165) is 17.0 Å². The third-order valence-corrected chi connectivity index (χ3v) is 2.34. The van der Waals surface area contributed by atoms with Gasteiger partial charge >= 0.3 is 0 Å². The predicted molar refractivity (Wildman–Crippen MR) is 58.4 cm³/mol. The molecule has 0 N–H and O–H groups in total. The Bertz CT molecular complexity index is 461. The van der Waals surface area contributed by atoms with Crippen LogP contribution in [0.5, 0.6) is 0 Å². The van der Waals surface area contributed by atoms with Gasteiger partial charge in [0.25, 0.3) is 0 Å². The van der Waals surface area contributed by atoms with E-state index in [1.807, 2.05) is 28.8 Å². The average Bonchev–Trinajstić information content (AvgIpc) is 2.44. The lowest BCUT2D eigenvalue weighted by atomic mass is 9.91. The van der Waals surface area contributed by atoms with Gasteiger partial charge in [-0.25, -0.2) is 4.98 Å². The molecule has 2 rings (SSSR count). The number of imidazole rings is 1. The van der Waals surface area contributed by atoms with Crippen molar-refractivity contribution in [2.45, 2.75) is 26.2 Å². The van der Waals surface area contributed by atoms with Gasteiger partial charge in [-0.15, -0.1) is 0 Å². The number of hydrogen-bond acceptors (Lipinski definition) is 1. The summed E-state index contributed by atoms with van der Waals surface area (Å²) in [6, 6.07) is 5.99. The second kappa shape index (κ2) is 2.84. The second-order valence-corrected chi connectivity index (χ2v) is 4.59. The molecule has 0 bridgehead atoms. The van der Waals surface area contributed by atoms with Crippen LogP contribution in [0.2, 0.25) is 0 Å². The highest BCUT2D eigenvalue weighted by Crippen LogP contribution is 2.25. The molecule has 2 aromatic rings. The van der Waals surface area contributed by atoms with Crippen LogP contribution in [0.3, 0.4) is 0 Å². The smallest absolute Gasteiger partial charge is 0.137 e. The number of aromatic nitrogens is 2. The highest BCUT2D eigenvalue weighted by atomic mass is 15.0. The van der Waals surface area contributed by atoms with E-state index in [9.17, 15) is 0 Å². The Kier molecular flexibility index (Phi) is 1.88. The molecule has 2 heteroatoms. The fourth-order valence-corrected chi connectivity index (χ4v) is 1.65. The number of pyridine rings is 1. The van der Waals surface area contributed by atoms with Gasteiger partial charge < -0.3 is 4.40 Å². The lowest BCUT2D eigenvalue weighted by molar-refractivity contribution is 0.570. The standard InChI is InChI=1S/C12H15N2/c1-9-11(12(2,3)4)13-10-7-5-6-8-14(9)10/h5-8H,1H2,2-4H3. The molecule has 2 aromatic heterocycles. The first kappa shape index (κ1) is 9.25. The molecule has 0 saturated heterocycles. The number of nitrogens with zero attached hydrogens (tertiary/aromatic N) is 2. The summed E-state index contributed by atoms with van der Waals surface area (Å²) in [5.74, 6) is 0. The molecule has 0 aromatic carbocycles. The van der Waals surface area contributed by atoms with Gasteiger partial charge in [-0.2, -0.15) is 0 Å². The topological polar surface area (TPSA) is 17.3 Å². The molecule has 73 valence electrons. The van der Waals surface area contributed by atoms with Gasteiger partial charge in [0.05, 0.1) is 5.69 Å². The van der Waals surface area contributed by atoms with Crippen LogP contribution in [0, 0.1) is 6.92 Å². The fraction of sp³-hybridized carbons (Fsp3) is 0.333. The van der Waals surface area contributed by atoms with Gasteiger partial charge in [0, 0.05) is 17.3 Å². The van der Waals surface area contributed by atoms with Gasteiger partial charge in [-0.3, -0.25) is 0 Å². The minimum absolute atomic E-state index is 0.0586. The Hall–Kier alpha value is -1.31. The molecule has 0 unspecified atom stereocenters. The Balaban J connectivity index is 2.75. The average molecular weight is 187 g/mol. The molecule has 0 aliphatic carbocycles. The predicted octanol–water partition coefficient (Wildman–Crippen LogP) is 2.81. The Labute approximate surface area is 84.6 Å². The van der Waals surface area contributed by atoms with E-state index >= 15 is 0 Å². The molecule has 2 heterocycles. The summed E-state index contributed by atoms with van der Waals surface area (Å²) < 4.78 is 2.03. The number of rotatable bonds is 0. The summed E-state index contributed by atoms with van der Waals surface area (Å²) in [5.41, 5.74) is 3.10. The zero-order chi connectivity index (χ0) is 10.3. The van der Waals surface area contributed by atoms with Crippen molar-refractivity contribution in [2.24, 2.45) is 0 Å². The summed E-state index contributed by atoms with van der Waals surface area (Å²) in [7, 11) is 0. The molecule has 0 saturated carbocycles. The van der Waals surface area contributed by atoms with Crippen molar-refractivity contribution < 1.29 is 0 Å². The van der Waals surface area contributed by atoms with Crippen molar-refractivity contribution in [1.82, 2.24) is 9.38 Å². The number of fused-ring (bicyclic) bond motifs is 1. The van der Waals surface area contributed by atoms with Gasteiger partial charge in [0.15, 0.2) is 0 Å². The Morgan fingerprint density at radius 3 is 2.57 bits per heavy atom. The first-order valence-electron chi connectivity index (χ1n) is 4.79. The monoisotopic (exact) mass is 187 g/mol. The van der Waals surface area contributed by atoms with Crippen molar-refractivity contribution in [1.29, 1.82) is 0 Å². The second-order valence-electron chi connectivity index (χ2n) is 4.59. The molecule has 0 atom stereocenters. The molecule has 0 fully saturated rings. The molecular weight excluding hydrogens is 172 g/mol. The van der Waals surface area contributed by atoms with Crippen LogP contribution in [-0.4, -0.2) is 9.38 Å². The third kappa shape index (κ3) is 1.31. The molecule has 0 spiro atoms. The summed E-state index contributed by atoms with van der Waals surface area (Å²) in [5, 5.41) is 0. The van der Waals surface area contributed by atoms with Crippen molar-refractivity contribution >= 4 is 5.65 Å². The van der Waals surface area contributed by atoms with Crippen LogP contribution in [-0.2, 0) is 5.41 Å². The maximum absolute atomic E-state index is 4.58. The molecule has 0 aliphatic heterocycles. The lowest BCUT2D eigenvalue weighted by Gasteiger charge is -2.16. The van der Waals surface area contributed by atoms with Crippen LogP contribution in [0.25, 0.3) is 5.65 Å². The minimum Gasteiger partial charge on any atom is -0.304 e. The van der Waals surface area contributed by atoms with Crippen LogP contribution >= 0.6 is 0 Å². The largest absolute Gasteiger partial charge is 0.304 e. The van der Waals surface area contributed by atoms with E-state index in [2.05, 4.69) is 32.7 Å². The van der Waals surface area contributed by atoms with Crippen molar-refractivity contribution in [3.05, 3.63) is 42.7 Å². The van der Waals surface area contributed by atoms with Gasteiger partial charge in [0.2, 0.25) is 0 Å². The zero-order valence-corrected chi connectivity index (χ0v) is 8.91. The first-order chi connectivity index (χ1) is 6.50. The molecule has 14 heavy (non-hydrogen) atoms. The van der Waals surface area contributed by atoms with Gasteiger partial charge in [-0.1, -0.05) is 26.8 Å². The molecule has 1 radical (unpaired) electrons. The van der Waals surface area contributed by atoms with E-state index in [0.29, 0.717) is 0 Å². The molecule has 0 aliphatic rings. The van der Waals surface area contributed by atoms with Crippen LogP contribution in [0.15, 0.2) is 24.4 Å². The summed E-state index contributed by atoms with van der Waals surface area (Å²) >= 11 is 0. The van der Waals surface area contributed by atoms with Crippen LogP contribution in [0.4, 0.5) is 0 Å². The molecule has 0 amide bonds. The van der Waals surface area contributed by atoms with E-state index in [1.54, 1.807) is 0 Å². The van der Waals surface area contributed by atoms with Crippen molar-refractivity contribution in [2.75, 3.05) is 0 Å². The van der Waals surface area contributed by atoms with Crippen molar-refractivity contribution in [3.8, 4) is 0 Å².